The van der Waals surface area contributed by atoms with Gasteiger partial charge in [-0.2, -0.15) is 0 Å². The largest absolute Gasteiger partial charge is 0.309 e. The van der Waals surface area contributed by atoms with E-state index >= 15 is 0 Å². The second-order valence-electron chi connectivity index (χ2n) is 3.94. The summed E-state index contributed by atoms with van der Waals surface area (Å²) in [6.07, 6.45) is 0. The van der Waals surface area contributed by atoms with E-state index in [1.165, 1.54) is 11.6 Å². The molecular formula is C14H12Br2FN. The molecule has 0 aliphatic rings. The minimum absolute atomic E-state index is 0.224. The SMILES string of the molecule is Fc1cccc(CNCc2ccc(Br)cc2)c1Br. The molecule has 1 N–H and O–H groups in total. The monoisotopic (exact) mass is 371 g/mol. The summed E-state index contributed by atoms with van der Waals surface area (Å²) < 4.78 is 14.9. The Morgan fingerprint density at radius 3 is 2.39 bits per heavy atom. The van der Waals surface area contributed by atoms with E-state index in [2.05, 4.69) is 49.3 Å². The lowest BCUT2D eigenvalue weighted by Gasteiger charge is -2.07. The van der Waals surface area contributed by atoms with Gasteiger partial charge in [0.15, 0.2) is 0 Å². The van der Waals surface area contributed by atoms with Gasteiger partial charge in [0.1, 0.15) is 5.82 Å². The first-order valence-electron chi connectivity index (χ1n) is 5.55. The zero-order chi connectivity index (χ0) is 13.0. The minimum atomic E-state index is -0.224. The highest BCUT2D eigenvalue weighted by molar-refractivity contribution is 9.10. The summed E-state index contributed by atoms with van der Waals surface area (Å²) in [6, 6.07) is 13.2. The zero-order valence-electron chi connectivity index (χ0n) is 9.59. The van der Waals surface area contributed by atoms with E-state index in [1.807, 2.05) is 18.2 Å². The molecule has 0 aliphatic heterocycles. The summed E-state index contributed by atoms with van der Waals surface area (Å²) in [7, 11) is 0. The Bertz CT molecular complexity index is 526. The third kappa shape index (κ3) is 3.64. The predicted molar refractivity (Wildman–Crippen MR) is 78.8 cm³/mol. The highest BCUT2D eigenvalue weighted by Gasteiger charge is 2.04. The maximum absolute atomic E-state index is 13.3. The average Bonchev–Trinajstić information content (AvgIpc) is 2.37. The second kappa shape index (κ2) is 6.45. The number of benzene rings is 2. The quantitative estimate of drug-likeness (QED) is 0.824. The van der Waals surface area contributed by atoms with Crippen LogP contribution in [0.2, 0.25) is 0 Å². The van der Waals surface area contributed by atoms with Crippen LogP contribution >= 0.6 is 31.9 Å². The van der Waals surface area contributed by atoms with Crippen molar-refractivity contribution in [3.05, 3.63) is 68.4 Å². The van der Waals surface area contributed by atoms with Crippen LogP contribution in [0.15, 0.2) is 51.4 Å². The molecule has 0 unspecified atom stereocenters. The van der Waals surface area contributed by atoms with E-state index in [-0.39, 0.29) is 5.82 Å². The van der Waals surface area contributed by atoms with Crippen molar-refractivity contribution in [3.8, 4) is 0 Å². The molecule has 94 valence electrons. The number of rotatable bonds is 4. The lowest BCUT2D eigenvalue weighted by Crippen LogP contribution is -2.13. The topological polar surface area (TPSA) is 12.0 Å². The van der Waals surface area contributed by atoms with Gasteiger partial charge in [-0.25, -0.2) is 4.39 Å². The van der Waals surface area contributed by atoms with Crippen molar-refractivity contribution in [3.63, 3.8) is 0 Å². The van der Waals surface area contributed by atoms with Gasteiger partial charge < -0.3 is 5.32 Å². The standard InChI is InChI=1S/C14H12Br2FN/c15-12-6-4-10(5-7-12)8-18-9-11-2-1-3-13(17)14(11)16/h1-7,18H,8-9H2. The first kappa shape index (κ1) is 13.7. The maximum atomic E-state index is 13.3. The number of halogens is 3. The maximum Gasteiger partial charge on any atom is 0.137 e. The second-order valence-corrected chi connectivity index (χ2v) is 5.65. The molecule has 0 aliphatic carbocycles. The minimum Gasteiger partial charge on any atom is -0.309 e. The van der Waals surface area contributed by atoms with Crippen LogP contribution in [0.4, 0.5) is 4.39 Å². The van der Waals surface area contributed by atoms with Crippen LogP contribution < -0.4 is 5.32 Å². The van der Waals surface area contributed by atoms with Crippen molar-refractivity contribution < 1.29 is 4.39 Å². The highest BCUT2D eigenvalue weighted by Crippen LogP contribution is 2.20. The number of hydrogen-bond acceptors (Lipinski definition) is 1. The van der Waals surface area contributed by atoms with Crippen molar-refractivity contribution >= 4 is 31.9 Å². The molecule has 0 spiro atoms. The van der Waals surface area contributed by atoms with Crippen LogP contribution in [0.25, 0.3) is 0 Å². The van der Waals surface area contributed by atoms with Gasteiger partial charge in [-0.3, -0.25) is 0 Å². The Kier molecular flexibility index (Phi) is 4.92. The first-order chi connectivity index (χ1) is 8.66. The fourth-order valence-corrected chi connectivity index (χ4v) is 2.30. The van der Waals surface area contributed by atoms with Gasteiger partial charge in [0.05, 0.1) is 4.47 Å². The molecule has 0 amide bonds. The lowest BCUT2D eigenvalue weighted by molar-refractivity contribution is 0.612. The molecular weight excluding hydrogens is 361 g/mol. The Hall–Kier alpha value is -0.710. The van der Waals surface area contributed by atoms with Gasteiger partial charge >= 0.3 is 0 Å². The molecule has 0 saturated carbocycles. The molecule has 18 heavy (non-hydrogen) atoms. The summed E-state index contributed by atoms with van der Waals surface area (Å²) in [5.41, 5.74) is 2.12. The first-order valence-corrected chi connectivity index (χ1v) is 7.13. The fourth-order valence-electron chi connectivity index (χ4n) is 1.63. The molecule has 0 heterocycles. The molecule has 2 aromatic carbocycles. The van der Waals surface area contributed by atoms with Crippen LogP contribution in [0.1, 0.15) is 11.1 Å². The Labute approximate surface area is 123 Å². The van der Waals surface area contributed by atoms with Crippen LogP contribution in [0.5, 0.6) is 0 Å². The van der Waals surface area contributed by atoms with Gasteiger partial charge in [0.2, 0.25) is 0 Å². The van der Waals surface area contributed by atoms with Crippen molar-refractivity contribution in [1.82, 2.24) is 5.32 Å². The van der Waals surface area contributed by atoms with Crippen molar-refractivity contribution in [2.24, 2.45) is 0 Å². The van der Waals surface area contributed by atoms with Gasteiger partial charge in [0.25, 0.3) is 0 Å². The summed E-state index contributed by atoms with van der Waals surface area (Å²) >= 11 is 6.65. The Morgan fingerprint density at radius 2 is 1.67 bits per heavy atom. The average molecular weight is 373 g/mol. The molecule has 2 rings (SSSR count). The van der Waals surface area contributed by atoms with Crippen molar-refractivity contribution in [2.75, 3.05) is 0 Å². The van der Waals surface area contributed by atoms with E-state index < -0.39 is 0 Å². The van der Waals surface area contributed by atoms with Gasteiger partial charge in [0, 0.05) is 17.6 Å². The summed E-state index contributed by atoms with van der Waals surface area (Å²) in [5, 5.41) is 3.29. The zero-order valence-corrected chi connectivity index (χ0v) is 12.8. The summed E-state index contributed by atoms with van der Waals surface area (Å²) in [5.74, 6) is -0.224. The van der Waals surface area contributed by atoms with Crippen molar-refractivity contribution in [2.45, 2.75) is 13.1 Å². The molecule has 0 fully saturated rings. The molecule has 0 atom stereocenters. The Balaban J connectivity index is 1.92. The normalized spacial score (nSPS) is 10.6. The van der Waals surface area contributed by atoms with Gasteiger partial charge in [-0.1, -0.05) is 40.2 Å². The van der Waals surface area contributed by atoms with E-state index in [4.69, 9.17) is 0 Å². The van der Waals surface area contributed by atoms with Crippen LogP contribution in [0.3, 0.4) is 0 Å². The molecule has 1 nitrogen and oxygen atoms in total. The van der Waals surface area contributed by atoms with Crippen LogP contribution in [0, 0.1) is 5.82 Å². The van der Waals surface area contributed by atoms with Gasteiger partial charge in [-0.05, 0) is 45.3 Å². The fraction of sp³-hybridized carbons (Fsp3) is 0.143. The smallest absolute Gasteiger partial charge is 0.137 e. The summed E-state index contributed by atoms with van der Waals surface area (Å²) in [6.45, 7) is 1.39. The number of hydrogen-bond donors (Lipinski definition) is 1. The predicted octanol–water partition coefficient (Wildman–Crippen LogP) is 4.64. The van der Waals surface area contributed by atoms with Crippen LogP contribution in [-0.2, 0) is 13.1 Å². The molecule has 2 aromatic rings. The van der Waals surface area contributed by atoms with Crippen molar-refractivity contribution in [1.29, 1.82) is 0 Å². The lowest BCUT2D eigenvalue weighted by atomic mass is 10.2. The van der Waals surface area contributed by atoms with Gasteiger partial charge in [-0.15, -0.1) is 0 Å². The van der Waals surface area contributed by atoms with E-state index in [9.17, 15) is 4.39 Å². The molecule has 4 heteroatoms. The third-order valence-corrected chi connectivity index (χ3v) is 4.01. The van der Waals surface area contributed by atoms with E-state index in [0.29, 0.717) is 11.0 Å². The Morgan fingerprint density at radius 1 is 0.944 bits per heavy atom. The molecule has 0 radical (unpaired) electrons. The molecule has 0 aromatic heterocycles. The molecule has 0 saturated heterocycles. The summed E-state index contributed by atoms with van der Waals surface area (Å²) in [4.78, 5) is 0. The highest BCUT2D eigenvalue weighted by atomic mass is 79.9. The molecule has 0 bridgehead atoms. The van der Waals surface area contributed by atoms with E-state index in [0.717, 1.165) is 16.6 Å². The van der Waals surface area contributed by atoms with E-state index in [1.54, 1.807) is 6.07 Å². The third-order valence-electron chi connectivity index (χ3n) is 2.59. The number of nitrogens with one attached hydrogen (secondary N) is 1. The van der Waals surface area contributed by atoms with Crippen LogP contribution in [-0.4, -0.2) is 0 Å².